The Bertz CT molecular complexity index is 4240. The first-order chi connectivity index (χ1) is 38.9. The normalized spacial score (nSPS) is 12.5. The summed E-state index contributed by atoms with van der Waals surface area (Å²) in [6.45, 7) is 4.73. The van der Waals surface area contributed by atoms with Gasteiger partial charge in [-0.05, 0) is 119 Å². The SMILES string of the molecule is CC1(C)c2cc3c(cc2-c2cc4c5ccccc5n(-c5ccc(Oc6nc(-c7ccccc7)cc(-c7ccccc7)n6)cc5)c4cc21)c1ccccc1n3-c1ccc(Oc2nc(-c3ccccc3)cc(-c3ccccc3)n2)cc1. The van der Waals surface area contributed by atoms with E-state index in [1.165, 1.54) is 43.8 Å². The zero-order valence-corrected chi connectivity index (χ0v) is 43.2. The maximum atomic E-state index is 6.48. The summed E-state index contributed by atoms with van der Waals surface area (Å²) in [5.41, 5.74) is 18.6. The fraction of sp³-hybridized carbons (Fsp3) is 0.0423. The first-order valence-electron chi connectivity index (χ1n) is 26.6. The van der Waals surface area contributed by atoms with Gasteiger partial charge in [0.2, 0.25) is 0 Å². The van der Waals surface area contributed by atoms with E-state index in [1.807, 2.05) is 109 Å². The standard InChI is InChI=1S/C71H48N6O2/c1-71(2)59-41-67-57(53-27-15-17-29-65(53)76(67)49-31-35-51(36-32-49)78-69-72-61(45-19-7-3-8-20-45)43-62(73-69)46-21-9-4-10-22-46)39-55(59)56-40-58-54-28-16-18-30-66(54)77(68(58)42-60(56)71)50-33-37-52(38-34-50)79-70-74-63(47-23-11-5-12-24-47)44-64(75-70)48-25-13-6-14-26-48/h3-44H,1-2H3. The minimum absolute atomic E-state index is 0.289. The average molecular weight is 1020 g/mol. The minimum Gasteiger partial charge on any atom is -0.424 e. The van der Waals surface area contributed by atoms with E-state index in [1.54, 1.807) is 0 Å². The number of hydrogen-bond donors (Lipinski definition) is 0. The van der Waals surface area contributed by atoms with E-state index in [-0.39, 0.29) is 17.4 Å². The third-order valence-electron chi connectivity index (χ3n) is 15.6. The summed E-state index contributed by atoms with van der Waals surface area (Å²) in [6, 6.07) is 88.9. The molecule has 0 amide bonds. The van der Waals surface area contributed by atoms with Crippen molar-refractivity contribution < 1.29 is 9.47 Å². The predicted octanol–water partition coefficient (Wildman–Crippen LogP) is 18.0. The summed E-state index contributed by atoms with van der Waals surface area (Å²) in [5, 5.41) is 4.81. The zero-order chi connectivity index (χ0) is 52.6. The Labute approximate surface area is 456 Å². The van der Waals surface area contributed by atoms with Crippen LogP contribution in [0.3, 0.4) is 0 Å². The average Bonchev–Trinajstić information content (AvgIpc) is 4.31. The van der Waals surface area contributed by atoms with Gasteiger partial charge in [0.1, 0.15) is 11.5 Å². The highest BCUT2D eigenvalue weighted by atomic mass is 16.5. The van der Waals surface area contributed by atoms with Crippen LogP contribution in [0.4, 0.5) is 0 Å². The van der Waals surface area contributed by atoms with Gasteiger partial charge in [-0.25, -0.2) is 0 Å². The van der Waals surface area contributed by atoms with Gasteiger partial charge in [-0.2, -0.15) is 19.9 Å². The Morgan fingerprint density at radius 1 is 0.304 bits per heavy atom. The van der Waals surface area contributed by atoms with Crippen LogP contribution in [-0.2, 0) is 5.41 Å². The molecule has 10 aromatic carbocycles. The molecule has 0 spiro atoms. The fourth-order valence-electron chi connectivity index (χ4n) is 11.7. The summed E-state index contributed by atoms with van der Waals surface area (Å²) in [6.07, 6.45) is 0. The molecule has 79 heavy (non-hydrogen) atoms. The van der Waals surface area contributed by atoms with Crippen LogP contribution in [0, 0.1) is 0 Å². The van der Waals surface area contributed by atoms with Crippen LogP contribution in [0.15, 0.2) is 255 Å². The van der Waals surface area contributed by atoms with Crippen LogP contribution in [-0.4, -0.2) is 29.1 Å². The van der Waals surface area contributed by atoms with E-state index in [2.05, 4.69) is 169 Å². The van der Waals surface area contributed by atoms with Gasteiger partial charge in [0, 0.05) is 60.6 Å². The second kappa shape index (κ2) is 18.4. The van der Waals surface area contributed by atoms with Crippen molar-refractivity contribution >= 4 is 43.6 Å². The van der Waals surface area contributed by atoms with Gasteiger partial charge in [-0.3, -0.25) is 0 Å². The molecule has 14 aromatic rings. The molecular formula is C71H48N6O2. The number of rotatable bonds is 10. The van der Waals surface area contributed by atoms with E-state index >= 15 is 0 Å². The molecule has 0 atom stereocenters. The van der Waals surface area contributed by atoms with E-state index in [0.29, 0.717) is 11.5 Å². The van der Waals surface area contributed by atoms with Crippen molar-refractivity contribution in [2.75, 3.05) is 0 Å². The molecule has 8 heteroatoms. The molecule has 0 radical (unpaired) electrons. The van der Waals surface area contributed by atoms with E-state index in [0.717, 1.165) is 78.5 Å². The van der Waals surface area contributed by atoms with E-state index in [4.69, 9.17) is 29.4 Å². The summed E-state index contributed by atoms with van der Waals surface area (Å²) >= 11 is 0. The number of ether oxygens (including phenoxy) is 2. The quantitative estimate of drug-likeness (QED) is 0.136. The maximum absolute atomic E-state index is 6.48. The van der Waals surface area contributed by atoms with Crippen LogP contribution >= 0.6 is 0 Å². The van der Waals surface area contributed by atoms with Gasteiger partial charge >= 0.3 is 12.0 Å². The second-order valence-electron chi connectivity index (χ2n) is 20.7. The topological polar surface area (TPSA) is 79.9 Å². The molecule has 0 fully saturated rings. The number of hydrogen-bond acceptors (Lipinski definition) is 6. The minimum atomic E-state index is -0.315. The molecule has 15 rings (SSSR count). The van der Waals surface area contributed by atoms with Crippen molar-refractivity contribution in [3.63, 3.8) is 0 Å². The Kier molecular flexibility index (Phi) is 10.7. The first kappa shape index (κ1) is 45.9. The van der Waals surface area contributed by atoms with Gasteiger partial charge in [-0.1, -0.05) is 172 Å². The van der Waals surface area contributed by atoms with Crippen molar-refractivity contribution in [2.45, 2.75) is 19.3 Å². The Morgan fingerprint density at radius 2 is 0.620 bits per heavy atom. The summed E-state index contributed by atoms with van der Waals surface area (Å²) in [5.74, 6) is 1.30. The smallest absolute Gasteiger partial charge is 0.323 e. The van der Waals surface area contributed by atoms with Crippen LogP contribution in [0.1, 0.15) is 25.0 Å². The van der Waals surface area contributed by atoms with Crippen molar-refractivity contribution in [1.82, 2.24) is 29.1 Å². The number of nitrogens with zero attached hydrogens (tertiary/aromatic N) is 6. The zero-order valence-electron chi connectivity index (χ0n) is 43.2. The molecular weight excluding hydrogens is 969 g/mol. The lowest BCUT2D eigenvalue weighted by Crippen LogP contribution is -2.15. The molecule has 4 heterocycles. The van der Waals surface area contributed by atoms with Crippen LogP contribution in [0.2, 0.25) is 0 Å². The number of aromatic nitrogens is 6. The van der Waals surface area contributed by atoms with Crippen LogP contribution in [0.25, 0.3) is 111 Å². The molecule has 8 nitrogen and oxygen atoms in total. The van der Waals surface area contributed by atoms with E-state index in [9.17, 15) is 0 Å². The van der Waals surface area contributed by atoms with Crippen molar-refractivity contribution in [3.05, 3.63) is 266 Å². The Balaban J connectivity index is 0.783. The fourth-order valence-corrected chi connectivity index (χ4v) is 11.7. The third-order valence-corrected chi connectivity index (χ3v) is 15.6. The molecule has 1 aliphatic rings. The monoisotopic (exact) mass is 1020 g/mol. The molecule has 0 N–H and O–H groups in total. The van der Waals surface area contributed by atoms with Gasteiger partial charge < -0.3 is 18.6 Å². The van der Waals surface area contributed by atoms with Gasteiger partial charge in [0.15, 0.2) is 0 Å². The number of para-hydroxylation sites is 2. The first-order valence-corrected chi connectivity index (χ1v) is 26.6. The lowest BCUT2D eigenvalue weighted by molar-refractivity contribution is 0.443. The molecule has 374 valence electrons. The largest absolute Gasteiger partial charge is 0.424 e. The molecule has 0 unspecified atom stereocenters. The number of benzene rings is 10. The van der Waals surface area contributed by atoms with Gasteiger partial charge in [0.05, 0.1) is 44.8 Å². The molecule has 0 bridgehead atoms. The Morgan fingerprint density at radius 3 is 0.962 bits per heavy atom. The van der Waals surface area contributed by atoms with Gasteiger partial charge in [-0.15, -0.1) is 0 Å². The summed E-state index contributed by atoms with van der Waals surface area (Å²) < 4.78 is 17.7. The van der Waals surface area contributed by atoms with Crippen molar-refractivity contribution in [2.24, 2.45) is 0 Å². The summed E-state index contributed by atoms with van der Waals surface area (Å²) in [4.78, 5) is 19.5. The molecule has 0 saturated heterocycles. The Hall–Kier alpha value is -10.4. The van der Waals surface area contributed by atoms with Crippen molar-refractivity contribution in [1.29, 1.82) is 0 Å². The predicted molar refractivity (Wildman–Crippen MR) is 319 cm³/mol. The third kappa shape index (κ3) is 7.91. The van der Waals surface area contributed by atoms with Gasteiger partial charge in [0.25, 0.3) is 0 Å². The highest BCUT2D eigenvalue weighted by Gasteiger charge is 2.37. The maximum Gasteiger partial charge on any atom is 0.323 e. The molecule has 4 aromatic heterocycles. The van der Waals surface area contributed by atoms with Crippen LogP contribution in [0.5, 0.6) is 23.5 Å². The highest BCUT2D eigenvalue weighted by Crippen LogP contribution is 2.53. The van der Waals surface area contributed by atoms with Crippen LogP contribution < -0.4 is 9.47 Å². The highest BCUT2D eigenvalue weighted by molar-refractivity contribution is 6.14. The summed E-state index contributed by atoms with van der Waals surface area (Å²) in [7, 11) is 0. The lowest BCUT2D eigenvalue weighted by Gasteiger charge is -2.22. The van der Waals surface area contributed by atoms with E-state index < -0.39 is 0 Å². The molecule has 0 aliphatic heterocycles. The number of fused-ring (bicyclic) bond motifs is 9. The molecule has 1 aliphatic carbocycles. The lowest BCUT2D eigenvalue weighted by atomic mass is 9.82. The second-order valence-corrected chi connectivity index (χ2v) is 20.7. The van der Waals surface area contributed by atoms with Crippen molar-refractivity contribution in [3.8, 4) is 91.1 Å². The molecule has 0 saturated carbocycles.